The number of carbonyl (C=O) groups excluding carboxylic acids is 1. The Kier molecular flexibility index (Phi) is 4.16. The second-order valence-corrected chi connectivity index (χ2v) is 5.59. The van der Waals surface area contributed by atoms with E-state index in [1.807, 2.05) is 0 Å². The van der Waals surface area contributed by atoms with E-state index in [9.17, 15) is 14.9 Å². The third-order valence-electron chi connectivity index (χ3n) is 3.21. The molecule has 0 aliphatic carbocycles. The van der Waals surface area contributed by atoms with Crippen molar-refractivity contribution >= 4 is 33.2 Å². The average molecular weight is 379 g/mol. The zero-order valence-corrected chi connectivity index (χ0v) is 13.3. The Hall–Kier alpha value is -2.61. The first-order valence-corrected chi connectivity index (χ1v) is 7.49. The number of anilines is 1. The number of halogens is 1. The lowest BCUT2D eigenvalue weighted by molar-refractivity contribution is -0.385. The molecule has 7 nitrogen and oxygen atoms in total. The average Bonchev–Trinajstić information content (AvgIpc) is 2.54. The largest absolute Gasteiger partial charge is 0.486 e. The van der Waals surface area contributed by atoms with Crippen molar-refractivity contribution in [3.05, 3.63) is 56.5 Å². The van der Waals surface area contributed by atoms with E-state index < -0.39 is 10.8 Å². The zero-order valence-electron chi connectivity index (χ0n) is 11.7. The Morgan fingerprint density at radius 1 is 1.13 bits per heavy atom. The predicted molar refractivity (Wildman–Crippen MR) is 86.2 cm³/mol. The highest BCUT2D eigenvalue weighted by atomic mass is 79.9. The molecule has 1 amide bonds. The van der Waals surface area contributed by atoms with Crippen molar-refractivity contribution in [2.75, 3.05) is 18.5 Å². The van der Waals surface area contributed by atoms with Crippen LogP contribution in [0.25, 0.3) is 0 Å². The first-order chi connectivity index (χ1) is 11.0. The molecule has 0 radical (unpaired) electrons. The molecule has 2 aromatic rings. The molecule has 0 unspecified atom stereocenters. The van der Waals surface area contributed by atoms with Crippen LogP contribution in [0.3, 0.4) is 0 Å². The molecule has 0 saturated heterocycles. The summed E-state index contributed by atoms with van der Waals surface area (Å²) in [6, 6.07) is 9.23. The van der Waals surface area contributed by atoms with Gasteiger partial charge in [-0.2, -0.15) is 0 Å². The van der Waals surface area contributed by atoms with Crippen molar-refractivity contribution < 1.29 is 19.2 Å². The second-order valence-electron chi connectivity index (χ2n) is 4.74. The molecule has 0 atom stereocenters. The topological polar surface area (TPSA) is 90.7 Å². The summed E-state index contributed by atoms with van der Waals surface area (Å²) in [6.07, 6.45) is 0. The van der Waals surface area contributed by atoms with Crippen LogP contribution >= 0.6 is 15.9 Å². The van der Waals surface area contributed by atoms with Crippen molar-refractivity contribution in [3.8, 4) is 11.5 Å². The van der Waals surface area contributed by atoms with Crippen molar-refractivity contribution in [2.24, 2.45) is 0 Å². The lowest BCUT2D eigenvalue weighted by Crippen LogP contribution is -2.16. The van der Waals surface area contributed by atoms with Gasteiger partial charge in [-0.1, -0.05) is 0 Å². The van der Waals surface area contributed by atoms with Crippen LogP contribution in [0.2, 0.25) is 0 Å². The van der Waals surface area contributed by atoms with Gasteiger partial charge in [-0.15, -0.1) is 0 Å². The van der Waals surface area contributed by atoms with Crippen LogP contribution in [-0.2, 0) is 0 Å². The minimum Gasteiger partial charge on any atom is -0.486 e. The Labute approximate surface area is 139 Å². The maximum absolute atomic E-state index is 12.2. The molecule has 1 heterocycles. The summed E-state index contributed by atoms with van der Waals surface area (Å²) in [5.74, 6) is 0.724. The van der Waals surface area contributed by atoms with E-state index in [0.717, 1.165) is 0 Å². The summed E-state index contributed by atoms with van der Waals surface area (Å²) < 4.78 is 11.2. The lowest BCUT2D eigenvalue weighted by Gasteiger charge is -2.19. The normalized spacial score (nSPS) is 12.6. The number of hydrogen-bond acceptors (Lipinski definition) is 5. The molecule has 1 aliphatic heterocycles. The standard InChI is InChI=1S/C15H11BrN2O5/c16-11-3-1-9(7-12(11)18(20)21)15(19)17-10-2-4-13-14(8-10)23-6-5-22-13/h1-4,7-8H,5-6H2,(H,17,19). The van der Waals surface area contributed by atoms with E-state index in [0.29, 0.717) is 34.9 Å². The highest BCUT2D eigenvalue weighted by Crippen LogP contribution is 2.33. The van der Waals surface area contributed by atoms with Gasteiger partial charge in [0.25, 0.3) is 11.6 Å². The van der Waals surface area contributed by atoms with E-state index in [1.54, 1.807) is 18.2 Å². The summed E-state index contributed by atoms with van der Waals surface area (Å²) >= 11 is 3.08. The summed E-state index contributed by atoms with van der Waals surface area (Å²) in [5, 5.41) is 13.6. The van der Waals surface area contributed by atoms with Gasteiger partial charge in [0.1, 0.15) is 13.2 Å². The van der Waals surface area contributed by atoms with E-state index >= 15 is 0 Å². The number of hydrogen-bond donors (Lipinski definition) is 1. The molecular weight excluding hydrogens is 368 g/mol. The SMILES string of the molecule is O=C(Nc1ccc2c(c1)OCCO2)c1ccc(Br)c([N+](=O)[O-])c1. The number of nitro benzene ring substituents is 1. The quantitative estimate of drug-likeness (QED) is 0.652. The minimum atomic E-state index is -0.551. The molecule has 1 aliphatic rings. The van der Waals surface area contributed by atoms with E-state index in [1.165, 1.54) is 18.2 Å². The van der Waals surface area contributed by atoms with Crippen LogP contribution in [0, 0.1) is 10.1 Å². The van der Waals surface area contributed by atoms with E-state index in [2.05, 4.69) is 21.2 Å². The van der Waals surface area contributed by atoms with Gasteiger partial charge in [0.15, 0.2) is 11.5 Å². The first-order valence-electron chi connectivity index (χ1n) is 6.69. The summed E-state index contributed by atoms with van der Waals surface area (Å²) in [5.41, 5.74) is 0.541. The highest BCUT2D eigenvalue weighted by Gasteiger charge is 2.17. The van der Waals surface area contributed by atoms with Gasteiger partial charge in [-0.25, -0.2) is 0 Å². The number of ether oxygens (including phenoxy) is 2. The molecule has 0 spiro atoms. The summed E-state index contributed by atoms with van der Waals surface area (Å²) in [7, 11) is 0. The summed E-state index contributed by atoms with van der Waals surface area (Å²) in [4.78, 5) is 22.6. The second kappa shape index (κ2) is 6.25. The number of nitro groups is 1. The number of amides is 1. The number of carbonyl (C=O) groups is 1. The Bertz CT molecular complexity index is 793. The lowest BCUT2D eigenvalue weighted by atomic mass is 10.2. The van der Waals surface area contributed by atoms with E-state index in [4.69, 9.17) is 9.47 Å². The van der Waals surface area contributed by atoms with Crippen LogP contribution in [0.15, 0.2) is 40.9 Å². The van der Waals surface area contributed by atoms with Crippen molar-refractivity contribution in [2.45, 2.75) is 0 Å². The van der Waals surface area contributed by atoms with Crippen molar-refractivity contribution in [1.29, 1.82) is 0 Å². The number of rotatable bonds is 3. The number of nitrogens with one attached hydrogen (secondary N) is 1. The maximum atomic E-state index is 12.2. The highest BCUT2D eigenvalue weighted by molar-refractivity contribution is 9.10. The third kappa shape index (κ3) is 3.26. The molecule has 23 heavy (non-hydrogen) atoms. The van der Waals surface area contributed by atoms with Crippen molar-refractivity contribution in [3.63, 3.8) is 0 Å². The van der Waals surface area contributed by atoms with Gasteiger partial charge in [0.2, 0.25) is 0 Å². The van der Waals surface area contributed by atoms with Crippen LogP contribution in [0.1, 0.15) is 10.4 Å². The van der Waals surface area contributed by atoms with Gasteiger partial charge >= 0.3 is 0 Å². The van der Waals surface area contributed by atoms with Gasteiger partial charge in [-0.3, -0.25) is 14.9 Å². The smallest absolute Gasteiger partial charge is 0.284 e. The predicted octanol–water partition coefficient (Wildman–Crippen LogP) is 3.38. The third-order valence-corrected chi connectivity index (χ3v) is 3.88. The number of benzene rings is 2. The van der Waals surface area contributed by atoms with Gasteiger partial charge in [0.05, 0.1) is 9.40 Å². The molecule has 0 saturated carbocycles. The Morgan fingerprint density at radius 2 is 1.87 bits per heavy atom. The summed E-state index contributed by atoms with van der Waals surface area (Å²) in [6.45, 7) is 0.935. The van der Waals surface area contributed by atoms with Crippen LogP contribution in [0.4, 0.5) is 11.4 Å². The maximum Gasteiger partial charge on any atom is 0.284 e. The number of nitrogens with zero attached hydrogens (tertiary/aromatic N) is 1. The first kappa shape index (κ1) is 15.3. The molecule has 3 rings (SSSR count). The molecule has 0 aromatic heterocycles. The van der Waals surface area contributed by atoms with Gasteiger partial charge in [0, 0.05) is 23.4 Å². The Balaban J connectivity index is 1.82. The fourth-order valence-corrected chi connectivity index (χ4v) is 2.51. The van der Waals surface area contributed by atoms with Crippen LogP contribution in [0.5, 0.6) is 11.5 Å². The minimum absolute atomic E-state index is 0.167. The number of fused-ring (bicyclic) bond motifs is 1. The molecule has 8 heteroatoms. The fourth-order valence-electron chi connectivity index (χ4n) is 2.12. The van der Waals surface area contributed by atoms with Crippen LogP contribution in [-0.4, -0.2) is 24.0 Å². The van der Waals surface area contributed by atoms with E-state index in [-0.39, 0.29) is 11.3 Å². The van der Waals surface area contributed by atoms with Crippen LogP contribution < -0.4 is 14.8 Å². The molecule has 0 bridgehead atoms. The fraction of sp³-hybridized carbons (Fsp3) is 0.133. The van der Waals surface area contributed by atoms with Gasteiger partial charge in [-0.05, 0) is 40.2 Å². The van der Waals surface area contributed by atoms with Crippen molar-refractivity contribution in [1.82, 2.24) is 0 Å². The monoisotopic (exact) mass is 378 g/mol. The molecule has 0 fully saturated rings. The Morgan fingerprint density at radius 3 is 2.61 bits per heavy atom. The molecule has 2 aromatic carbocycles. The molecule has 118 valence electrons. The zero-order chi connectivity index (χ0) is 16.4. The molecule has 1 N–H and O–H groups in total. The van der Waals surface area contributed by atoms with Gasteiger partial charge < -0.3 is 14.8 Å². The molecular formula is C15H11BrN2O5.